The molecule has 11 heteroatoms. The van der Waals surface area contributed by atoms with Gasteiger partial charge in [-0.3, -0.25) is 4.90 Å². The molecule has 35 heavy (non-hydrogen) atoms. The summed E-state index contributed by atoms with van der Waals surface area (Å²) in [4.78, 5) is 13.5. The van der Waals surface area contributed by atoms with Crippen LogP contribution in [-0.2, 0) is 0 Å². The van der Waals surface area contributed by atoms with E-state index in [1.54, 1.807) is 18.2 Å². The van der Waals surface area contributed by atoms with Crippen molar-refractivity contribution in [3.8, 4) is 23.2 Å². The van der Waals surface area contributed by atoms with Gasteiger partial charge in [0.15, 0.2) is 16.6 Å². The van der Waals surface area contributed by atoms with Gasteiger partial charge in [0, 0.05) is 44.5 Å². The molecule has 10 nitrogen and oxygen atoms in total. The molecule has 1 aromatic carbocycles. The summed E-state index contributed by atoms with van der Waals surface area (Å²) in [6, 6.07) is 13.4. The van der Waals surface area contributed by atoms with E-state index in [9.17, 15) is 0 Å². The number of benzene rings is 1. The third-order valence-corrected chi connectivity index (χ3v) is 6.03. The maximum atomic E-state index is 6.06. The molecule has 0 aliphatic carbocycles. The summed E-state index contributed by atoms with van der Waals surface area (Å²) >= 11 is 5.85. The summed E-state index contributed by atoms with van der Waals surface area (Å²) in [5.41, 5.74) is 7.81. The number of halogens is 1. The Balaban J connectivity index is 1.12. The molecule has 2 N–H and O–H groups in total. The summed E-state index contributed by atoms with van der Waals surface area (Å²) in [7, 11) is 0. The minimum atomic E-state index is 0.189. The lowest BCUT2D eigenvalue weighted by molar-refractivity contribution is 0.197. The Morgan fingerprint density at radius 3 is 2.51 bits per heavy atom. The zero-order valence-corrected chi connectivity index (χ0v) is 20.3. The average molecular weight is 498 g/mol. The van der Waals surface area contributed by atoms with Gasteiger partial charge in [-0.1, -0.05) is 6.92 Å². The van der Waals surface area contributed by atoms with Gasteiger partial charge >= 0.3 is 0 Å². The van der Waals surface area contributed by atoms with Gasteiger partial charge in [0.25, 0.3) is 0 Å². The third kappa shape index (κ3) is 5.44. The van der Waals surface area contributed by atoms with Crippen LogP contribution < -0.4 is 20.1 Å². The molecule has 1 aliphatic heterocycles. The fourth-order valence-corrected chi connectivity index (χ4v) is 4.13. The monoisotopic (exact) mass is 497 g/mol. The van der Waals surface area contributed by atoms with Gasteiger partial charge in [-0.2, -0.15) is 9.50 Å². The molecule has 0 amide bonds. The number of hydrogen-bond acceptors (Lipinski definition) is 9. The highest BCUT2D eigenvalue weighted by Crippen LogP contribution is 2.24. The molecule has 1 fully saturated rings. The Morgan fingerprint density at radius 2 is 1.80 bits per heavy atom. The first-order valence-corrected chi connectivity index (χ1v) is 12.1. The molecule has 4 heterocycles. The molecule has 5 rings (SSSR count). The van der Waals surface area contributed by atoms with Gasteiger partial charge in [0.2, 0.25) is 17.7 Å². The van der Waals surface area contributed by atoms with E-state index in [1.165, 1.54) is 10.2 Å². The van der Waals surface area contributed by atoms with Crippen molar-refractivity contribution in [1.82, 2.24) is 24.5 Å². The van der Waals surface area contributed by atoms with Gasteiger partial charge in [0.05, 0.1) is 6.61 Å². The molecule has 4 aromatic rings. The lowest BCUT2D eigenvalue weighted by Gasteiger charge is -2.36. The second kappa shape index (κ2) is 10.4. The fraction of sp³-hybridized carbons (Fsp3) is 0.375. The highest BCUT2D eigenvalue weighted by molar-refractivity contribution is 6.28. The number of nitrogens with two attached hydrogens (primary N) is 1. The van der Waals surface area contributed by atoms with Gasteiger partial charge in [0.1, 0.15) is 12.4 Å². The summed E-state index contributed by atoms with van der Waals surface area (Å²) < 4.78 is 18.4. The second-order valence-electron chi connectivity index (χ2n) is 8.28. The minimum Gasteiger partial charge on any atom is -0.494 e. The topological polar surface area (TPSA) is 107 Å². The van der Waals surface area contributed by atoms with Crippen LogP contribution in [0.3, 0.4) is 0 Å². The Morgan fingerprint density at radius 1 is 1.00 bits per heavy atom. The number of nitrogens with zero attached hydrogens (tertiary/aromatic N) is 6. The molecule has 1 saturated heterocycles. The van der Waals surface area contributed by atoms with Gasteiger partial charge in [-0.15, -0.1) is 5.10 Å². The zero-order valence-electron chi connectivity index (χ0n) is 19.6. The Labute approximate surface area is 208 Å². The Bertz CT molecular complexity index is 1270. The number of rotatable bonds is 9. The van der Waals surface area contributed by atoms with Crippen LogP contribution in [-0.4, -0.2) is 70.4 Å². The number of nitrogen functional groups attached to an aromatic ring is 1. The predicted molar refractivity (Wildman–Crippen MR) is 134 cm³/mol. The van der Waals surface area contributed by atoms with Crippen LogP contribution >= 0.6 is 11.6 Å². The van der Waals surface area contributed by atoms with Crippen molar-refractivity contribution < 1.29 is 13.9 Å². The molecular formula is C24H28ClN7O3. The van der Waals surface area contributed by atoms with Crippen LogP contribution in [0, 0.1) is 0 Å². The molecule has 0 atom stereocenters. The number of aromatic nitrogens is 4. The van der Waals surface area contributed by atoms with Crippen LogP contribution in [0.1, 0.15) is 13.3 Å². The number of piperazine rings is 1. The number of furan rings is 1. The highest BCUT2D eigenvalue weighted by Gasteiger charge is 2.18. The normalized spacial score (nSPS) is 14.5. The average Bonchev–Trinajstić information content (AvgIpc) is 3.50. The first-order valence-electron chi connectivity index (χ1n) is 11.7. The number of hydrogen-bond donors (Lipinski definition) is 1. The van der Waals surface area contributed by atoms with E-state index in [2.05, 4.69) is 43.9 Å². The quantitative estimate of drug-likeness (QED) is 0.371. The maximum absolute atomic E-state index is 6.06. The van der Waals surface area contributed by atoms with Crippen molar-refractivity contribution in [2.24, 2.45) is 0 Å². The minimum absolute atomic E-state index is 0.189. The van der Waals surface area contributed by atoms with Crippen LogP contribution in [0.15, 0.2) is 46.9 Å². The van der Waals surface area contributed by atoms with Gasteiger partial charge in [-0.25, -0.2) is 4.98 Å². The zero-order chi connectivity index (χ0) is 24.2. The Hall–Kier alpha value is -3.50. The molecule has 0 radical (unpaired) electrons. The standard InChI is InChI=1S/C24H28ClN7O3/c1-2-14-33-18-5-3-17(4-6-18)31-11-9-30(10-12-31)13-15-34-22-16-21-27-23(19-7-8-20(25)35-19)29-32(21)24(26)28-22/h3-8,16H,2,9-15H2,1H3,(H2,26,28). The highest BCUT2D eigenvalue weighted by atomic mass is 35.5. The van der Waals surface area contributed by atoms with E-state index in [0.29, 0.717) is 29.7 Å². The third-order valence-electron chi connectivity index (χ3n) is 5.82. The fourth-order valence-electron chi connectivity index (χ4n) is 3.98. The Kier molecular flexibility index (Phi) is 6.91. The molecule has 0 spiro atoms. The van der Waals surface area contributed by atoms with Crippen molar-refractivity contribution in [3.05, 3.63) is 47.7 Å². The lowest BCUT2D eigenvalue weighted by atomic mass is 10.2. The maximum Gasteiger partial charge on any atom is 0.226 e. The van der Waals surface area contributed by atoms with Crippen molar-refractivity contribution in [1.29, 1.82) is 0 Å². The van der Waals surface area contributed by atoms with E-state index in [-0.39, 0.29) is 11.2 Å². The van der Waals surface area contributed by atoms with E-state index >= 15 is 0 Å². The predicted octanol–water partition coefficient (Wildman–Crippen LogP) is 3.61. The number of fused-ring (bicyclic) bond motifs is 1. The van der Waals surface area contributed by atoms with Crippen LogP contribution in [0.5, 0.6) is 11.6 Å². The van der Waals surface area contributed by atoms with Gasteiger partial charge in [-0.05, 0) is 54.4 Å². The van der Waals surface area contributed by atoms with Crippen molar-refractivity contribution >= 4 is 28.9 Å². The molecule has 0 saturated carbocycles. The van der Waals surface area contributed by atoms with Crippen LogP contribution in [0.4, 0.5) is 11.6 Å². The van der Waals surface area contributed by atoms with Crippen molar-refractivity contribution in [2.45, 2.75) is 13.3 Å². The van der Waals surface area contributed by atoms with Crippen LogP contribution in [0.2, 0.25) is 5.22 Å². The van der Waals surface area contributed by atoms with E-state index < -0.39 is 0 Å². The first-order chi connectivity index (χ1) is 17.1. The molecule has 184 valence electrons. The summed E-state index contributed by atoms with van der Waals surface area (Å²) in [6.07, 6.45) is 1.01. The van der Waals surface area contributed by atoms with E-state index in [0.717, 1.165) is 51.5 Å². The second-order valence-corrected chi connectivity index (χ2v) is 8.65. The molecular weight excluding hydrogens is 470 g/mol. The lowest BCUT2D eigenvalue weighted by Crippen LogP contribution is -2.47. The van der Waals surface area contributed by atoms with Crippen molar-refractivity contribution in [2.75, 3.05) is 56.6 Å². The SMILES string of the molecule is CCCOc1ccc(N2CCN(CCOc3cc4nc(-c5ccc(Cl)o5)nn4c(N)n3)CC2)cc1. The van der Waals surface area contributed by atoms with Gasteiger partial charge < -0.3 is 24.5 Å². The van der Waals surface area contributed by atoms with Crippen molar-refractivity contribution in [3.63, 3.8) is 0 Å². The van der Waals surface area contributed by atoms with E-state index in [4.69, 9.17) is 31.2 Å². The molecule has 3 aromatic heterocycles. The smallest absolute Gasteiger partial charge is 0.226 e. The first kappa shape index (κ1) is 23.3. The van der Waals surface area contributed by atoms with E-state index in [1.807, 2.05) is 12.1 Å². The summed E-state index contributed by atoms with van der Waals surface area (Å²) in [5.74, 6) is 2.36. The number of ether oxygens (including phenoxy) is 2. The molecule has 1 aliphatic rings. The van der Waals surface area contributed by atoms with Crippen LogP contribution in [0.25, 0.3) is 17.2 Å². The molecule has 0 unspecified atom stereocenters. The largest absolute Gasteiger partial charge is 0.494 e. The summed E-state index contributed by atoms with van der Waals surface area (Å²) in [5, 5.41) is 4.60. The summed E-state index contributed by atoms with van der Waals surface area (Å²) in [6.45, 7) is 8.01. The number of anilines is 2. The molecule has 0 bridgehead atoms.